The summed E-state index contributed by atoms with van der Waals surface area (Å²) in [7, 11) is -3.84. The highest BCUT2D eigenvalue weighted by atomic mass is 32.2. The minimum atomic E-state index is -3.84. The van der Waals surface area contributed by atoms with Crippen LogP contribution < -0.4 is 5.14 Å². The van der Waals surface area contributed by atoms with Crippen molar-refractivity contribution >= 4 is 21.8 Å². The summed E-state index contributed by atoms with van der Waals surface area (Å²) in [4.78, 5) is 24.7. The van der Waals surface area contributed by atoms with Gasteiger partial charge in [-0.1, -0.05) is 18.6 Å². The normalized spacial score (nSPS) is 15.6. The van der Waals surface area contributed by atoms with E-state index in [-0.39, 0.29) is 16.3 Å². The van der Waals surface area contributed by atoms with Crippen molar-refractivity contribution in [1.29, 1.82) is 0 Å². The van der Waals surface area contributed by atoms with Crippen LogP contribution in [0.3, 0.4) is 0 Å². The lowest BCUT2D eigenvalue weighted by Crippen LogP contribution is -2.44. The van der Waals surface area contributed by atoms with Gasteiger partial charge in [-0.2, -0.15) is 0 Å². The second-order valence-electron chi connectivity index (χ2n) is 6.51. The van der Waals surface area contributed by atoms with E-state index >= 15 is 0 Å². The minimum Gasteiger partial charge on any atom is -0.457 e. The number of primary sulfonamides is 1. The molecule has 1 fully saturated rings. The molecule has 1 aliphatic rings. The number of benzene rings is 2. The third-order valence-electron chi connectivity index (χ3n) is 4.83. The summed E-state index contributed by atoms with van der Waals surface area (Å²) in [6.07, 6.45) is 2.00. The molecule has 27 heavy (non-hydrogen) atoms. The summed E-state index contributed by atoms with van der Waals surface area (Å²) in [6.45, 7) is -0.462. The third-order valence-corrected chi connectivity index (χ3v) is 5.76. The first-order chi connectivity index (χ1) is 12.7. The Bertz CT molecular complexity index is 964. The number of Topliss-reactive ketones (excluding diaryl/α,β-unsaturated/α-hetero) is 1. The van der Waals surface area contributed by atoms with Gasteiger partial charge >= 0.3 is 5.97 Å². The second kappa shape index (κ2) is 7.21. The molecule has 0 atom stereocenters. The zero-order valence-corrected chi connectivity index (χ0v) is 15.2. The quantitative estimate of drug-likeness (QED) is 0.601. The van der Waals surface area contributed by atoms with E-state index in [2.05, 4.69) is 0 Å². The fraction of sp³-hybridized carbons (Fsp3) is 0.263. The summed E-state index contributed by atoms with van der Waals surface area (Å²) >= 11 is 0. The van der Waals surface area contributed by atoms with Crippen LogP contribution in [0.1, 0.15) is 35.2 Å². The number of ketones is 1. The molecule has 3 rings (SSSR count). The fourth-order valence-corrected chi connectivity index (χ4v) is 3.61. The van der Waals surface area contributed by atoms with Gasteiger partial charge in [0.15, 0.2) is 12.4 Å². The Morgan fingerprint density at radius 3 is 2.11 bits per heavy atom. The van der Waals surface area contributed by atoms with Crippen LogP contribution in [-0.4, -0.2) is 26.8 Å². The van der Waals surface area contributed by atoms with Crippen LogP contribution in [0.15, 0.2) is 53.4 Å². The highest BCUT2D eigenvalue weighted by molar-refractivity contribution is 7.89. The molecule has 0 aliphatic heterocycles. The van der Waals surface area contributed by atoms with Gasteiger partial charge in [-0.3, -0.25) is 9.59 Å². The van der Waals surface area contributed by atoms with Gasteiger partial charge in [-0.15, -0.1) is 0 Å². The number of hydrogen-bond donors (Lipinski definition) is 1. The predicted molar refractivity (Wildman–Crippen MR) is 95.0 cm³/mol. The van der Waals surface area contributed by atoms with E-state index < -0.39 is 33.8 Å². The fourth-order valence-electron chi connectivity index (χ4n) is 3.09. The Morgan fingerprint density at radius 2 is 1.63 bits per heavy atom. The number of ether oxygens (including phenoxy) is 1. The largest absolute Gasteiger partial charge is 0.457 e. The molecule has 0 aromatic heterocycles. The molecule has 0 amide bonds. The Labute approximate surface area is 156 Å². The molecule has 0 bridgehead atoms. The van der Waals surface area contributed by atoms with Crippen LogP contribution in [0.4, 0.5) is 4.39 Å². The molecule has 6 nitrogen and oxygen atoms in total. The molecular formula is C19H18FNO5S. The number of nitrogens with two attached hydrogens (primary N) is 1. The van der Waals surface area contributed by atoms with Gasteiger partial charge in [0, 0.05) is 5.56 Å². The van der Waals surface area contributed by atoms with E-state index in [0.29, 0.717) is 18.4 Å². The van der Waals surface area contributed by atoms with Crippen molar-refractivity contribution < 1.29 is 27.1 Å². The number of carbonyl (C=O) groups is 2. The summed E-state index contributed by atoms with van der Waals surface area (Å²) in [5, 5.41) is 5.01. The zero-order valence-electron chi connectivity index (χ0n) is 14.4. The smallest absolute Gasteiger partial charge is 0.317 e. The number of halogens is 1. The highest BCUT2D eigenvalue weighted by Crippen LogP contribution is 2.44. The monoisotopic (exact) mass is 391 g/mol. The van der Waals surface area contributed by atoms with Crippen LogP contribution >= 0.6 is 0 Å². The molecule has 2 aromatic rings. The maximum atomic E-state index is 13.1. The first-order valence-electron chi connectivity index (χ1n) is 8.32. The van der Waals surface area contributed by atoms with Crippen molar-refractivity contribution in [3.05, 3.63) is 65.5 Å². The lowest BCUT2D eigenvalue weighted by molar-refractivity contribution is -0.153. The van der Waals surface area contributed by atoms with E-state index in [0.717, 1.165) is 6.42 Å². The van der Waals surface area contributed by atoms with E-state index in [1.54, 1.807) is 12.1 Å². The Morgan fingerprint density at radius 1 is 1.04 bits per heavy atom. The first kappa shape index (κ1) is 19.2. The van der Waals surface area contributed by atoms with Crippen LogP contribution in [0.25, 0.3) is 0 Å². The standard InChI is InChI=1S/C19H18FNO5S/c20-15-6-4-14(5-7-15)19(10-1-11-19)18(23)26-12-17(22)13-2-8-16(9-3-13)27(21,24)25/h2-9H,1,10-12H2,(H2,21,24,25). The number of carbonyl (C=O) groups excluding carboxylic acids is 2. The maximum Gasteiger partial charge on any atom is 0.317 e. The van der Waals surface area contributed by atoms with Crippen molar-refractivity contribution in [3.63, 3.8) is 0 Å². The molecule has 0 heterocycles. The van der Waals surface area contributed by atoms with E-state index in [4.69, 9.17) is 9.88 Å². The molecule has 8 heteroatoms. The molecule has 0 unspecified atom stereocenters. The third kappa shape index (κ3) is 3.91. The molecular weight excluding hydrogens is 373 g/mol. The predicted octanol–water partition coefficient (Wildman–Crippen LogP) is 2.32. The van der Waals surface area contributed by atoms with Crippen molar-refractivity contribution in [2.75, 3.05) is 6.61 Å². The number of esters is 1. The van der Waals surface area contributed by atoms with Crippen molar-refractivity contribution in [3.8, 4) is 0 Å². The SMILES string of the molecule is NS(=O)(=O)c1ccc(C(=O)COC(=O)C2(c3ccc(F)cc3)CCC2)cc1. The maximum absolute atomic E-state index is 13.1. The molecule has 0 radical (unpaired) electrons. The zero-order chi connectivity index (χ0) is 19.7. The van der Waals surface area contributed by atoms with Crippen LogP contribution in [0.2, 0.25) is 0 Å². The van der Waals surface area contributed by atoms with E-state index in [9.17, 15) is 22.4 Å². The van der Waals surface area contributed by atoms with Crippen molar-refractivity contribution in [2.45, 2.75) is 29.6 Å². The first-order valence-corrected chi connectivity index (χ1v) is 9.86. The Balaban J connectivity index is 1.67. The summed E-state index contributed by atoms with van der Waals surface area (Å²) in [5.41, 5.74) is 0.0376. The Kier molecular flexibility index (Phi) is 5.12. The van der Waals surface area contributed by atoms with Gasteiger partial charge in [-0.05, 0) is 54.8 Å². The molecule has 0 spiro atoms. The van der Waals surface area contributed by atoms with Crippen LogP contribution in [0, 0.1) is 5.82 Å². The number of rotatable bonds is 6. The molecule has 142 valence electrons. The summed E-state index contributed by atoms with van der Waals surface area (Å²) in [5.74, 6) is -1.37. The van der Waals surface area contributed by atoms with Gasteiger partial charge < -0.3 is 4.74 Å². The van der Waals surface area contributed by atoms with Gasteiger partial charge in [-0.25, -0.2) is 17.9 Å². The van der Waals surface area contributed by atoms with Gasteiger partial charge in [0.25, 0.3) is 0 Å². The molecule has 1 saturated carbocycles. The molecule has 2 N–H and O–H groups in total. The molecule has 1 aliphatic carbocycles. The molecule has 2 aromatic carbocycles. The van der Waals surface area contributed by atoms with Gasteiger partial charge in [0.1, 0.15) is 5.82 Å². The van der Waals surface area contributed by atoms with Crippen molar-refractivity contribution in [2.24, 2.45) is 5.14 Å². The van der Waals surface area contributed by atoms with Gasteiger partial charge in [0.2, 0.25) is 10.0 Å². The lowest BCUT2D eigenvalue weighted by Gasteiger charge is -2.39. The van der Waals surface area contributed by atoms with Crippen LogP contribution in [-0.2, 0) is 25.0 Å². The topological polar surface area (TPSA) is 104 Å². The van der Waals surface area contributed by atoms with E-state index in [1.165, 1.54) is 36.4 Å². The van der Waals surface area contributed by atoms with E-state index in [1.807, 2.05) is 0 Å². The Hall–Kier alpha value is -2.58. The highest BCUT2D eigenvalue weighted by Gasteiger charge is 2.47. The van der Waals surface area contributed by atoms with Gasteiger partial charge in [0.05, 0.1) is 10.3 Å². The van der Waals surface area contributed by atoms with Crippen LogP contribution in [0.5, 0.6) is 0 Å². The second-order valence-corrected chi connectivity index (χ2v) is 8.07. The number of sulfonamides is 1. The average molecular weight is 391 g/mol. The summed E-state index contributed by atoms with van der Waals surface area (Å²) in [6, 6.07) is 10.8. The lowest BCUT2D eigenvalue weighted by atomic mass is 9.64. The summed E-state index contributed by atoms with van der Waals surface area (Å²) < 4.78 is 40.8. The van der Waals surface area contributed by atoms with Crippen molar-refractivity contribution in [1.82, 2.24) is 0 Å². The average Bonchev–Trinajstić information content (AvgIpc) is 2.59. The number of hydrogen-bond acceptors (Lipinski definition) is 5. The molecule has 0 saturated heterocycles. The minimum absolute atomic E-state index is 0.110.